The summed E-state index contributed by atoms with van der Waals surface area (Å²) in [6.07, 6.45) is 3.09. The van der Waals surface area contributed by atoms with Crippen molar-refractivity contribution in [3.63, 3.8) is 0 Å². The van der Waals surface area contributed by atoms with Gasteiger partial charge in [-0.1, -0.05) is 0 Å². The van der Waals surface area contributed by atoms with Crippen molar-refractivity contribution in [1.82, 2.24) is 15.0 Å². The molecular weight excluding hydrogens is 440 g/mol. The Labute approximate surface area is 184 Å². The van der Waals surface area contributed by atoms with Gasteiger partial charge in [0.15, 0.2) is 0 Å². The lowest BCUT2D eigenvalue weighted by Gasteiger charge is -2.29. The lowest BCUT2D eigenvalue weighted by atomic mass is 10.0. The zero-order valence-corrected chi connectivity index (χ0v) is 18.3. The van der Waals surface area contributed by atoms with Gasteiger partial charge in [-0.15, -0.1) is 0 Å². The van der Waals surface area contributed by atoms with Gasteiger partial charge in [0, 0.05) is 36.5 Å². The van der Waals surface area contributed by atoms with Crippen LogP contribution in [0.5, 0.6) is 0 Å². The molecule has 0 aliphatic carbocycles. The van der Waals surface area contributed by atoms with Crippen molar-refractivity contribution in [2.45, 2.75) is 18.7 Å². The molecule has 168 valence electrons. The van der Waals surface area contributed by atoms with E-state index in [0.29, 0.717) is 55.1 Å². The Kier molecular flexibility index (Phi) is 6.02. The summed E-state index contributed by atoms with van der Waals surface area (Å²) in [4.78, 5) is 14.5. The molecule has 32 heavy (non-hydrogen) atoms. The van der Waals surface area contributed by atoms with Gasteiger partial charge in [0.2, 0.25) is 0 Å². The number of nitrogens with zero attached hydrogens (tertiary/aromatic N) is 4. The summed E-state index contributed by atoms with van der Waals surface area (Å²) in [7, 11) is -4.31. The van der Waals surface area contributed by atoms with Gasteiger partial charge in [0.05, 0.1) is 30.3 Å². The molecule has 1 N–H and O–H groups in total. The molecular formula is C21H21F2N5O3S. The predicted molar refractivity (Wildman–Crippen MR) is 115 cm³/mol. The summed E-state index contributed by atoms with van der Waals surface area (Å²) in [5, 5.41) is 0. The highest BCUT2D eigenvalue weighted by molar-refractivity contribution is 7.92. The Balaban J connectivity index is 1.74. The zero-order valence-electron chi connectivity index (χ0n) is 17.5. The third kappa shape index (κ3) is 4.39. The number of hydrogen-bond donors (Lipinski definition) is 1. The number of anilines is 2. The number of aromatic nitrogens is 3. The Morgan fingerprint density at radius 1 is 1.03 bits per heavy atom. The molecule has 8 nitrogen and oxygen atoms in total. The van der Waals surface area contributed by atoms with Crippen molar-refractivity contribution in [1.29, 1.82) is 0 Å². The van der Waals surface area contributed by atoms with E-state index in [0.717, 1.165) is 17.7 Å². The van der Waals surface area contributed by atoms with Crippen LogP contribution >= 0.6 is 0 Å². The number of halogens is 2. The summed E-state index contributed by atoms with van der Waals surface area (Å²) in [5.74, 6) is -1.34. The minimum atomic E-state index is -4.31. The first-order valence-electron chi connectivity index (χ1n) is 9.85. The van der Waals surface area contributed by atoms with E-state index in [2.05, 4.69) is 24.6 Å². The maximum atomic E-state index is 14.1. The normalized spacial score (nSPS) is 14.4. The van der Waals surface area contributed by atoms with Crippen molar-refractivity contribution in [3.8, 4) is 11.1 Å². The van der Waals surface area contributed by atoms with E-state index in [9.17, 15) is 17.2 Å². The summed E-state index contributed by atoms with van der Waals surface area (Å²) in [6, 6.07) is 3.90. The van der Waals surface area contributed by atoms with Gasteiger partial charge in [0.25, 0.3) is 10.0 Å². The van der Waals surface area contributed by atoms with E-state index < -0.39 is 26.6 Å². The Hall–Kier alpha value is -3.18. The van der Waals surface area contributed by atoms with E-state index in [1.54, 1.807) is 19.2 Å². The average Bonchev–Trinajstić information content (AvgIpc) is 2.75. The van der Waals surface area contributed by atoms with Crippen LogP contribution in [0.3, 0.4) is 0 Å². The number of morpholine rings is 1. The van der Waals surface area contributed by atoms with Gasteiger partial charge in [0.1, 0.15) is 28.7 Å². The van der Waals surface area contributed by atoms with Crippen LogP contribution < -0.4 is 9.62 Å². The monoisotopic (exact) mass is 461 g/mol. The van der Waals surface area contributed by atoms with Gasteiger partial charge in [-0.05, 0) is 32.0 Å². The molecule has 11 heteroatoms. The molecule has 1 fully saturated rings. The number of hydrogen-bond acceptors (Lipinski definition) is 7. The molecule has 0 spiro atoms. The van der Waals surface area contributed by atoms with E-state index in [1.165, 1.54) is 6.33 Å². The first-order valence-corrected chi connectivity index (χ1v) is 11.3. The van der Waals surface area contributed by atoms with Gasteiger partial charge in [-0.3, -0.25) is 9.71 Å². The van der Waals surface area contributed by atoms with E-state index in [-0.39, 0.29) is 5.69 Å². The standard InChI is InChI=1S/C21H21F2N5O3S/c1-13-18(27-32(29,30)19-4-3-16(22)10-17(19)23)9-15(11-24-13)20-14(2)25-12-26-21(20)28-5-7-31-8-6-28/h3-4,9-12,27H,5-8H2,1-2H3. The van der Waals surface area contributed by atoms with Crippen LogP contribution in [0.25, 0.3) is 11.1 Å². The summed E-state index contributed by atoms with van der Waals surface area (Å²) >= 11 is 0. The summed E-state index contributed by atoms with van der Waals surface area (Å²) in [6.45, 7) is 5.92. The number of rotatable bonds is 5. The zero-order chi connectivity index (χ0) is 22.9. The van der Waals surface area contributed by atoms with Crippen molar-refractivity contribution in [2.24, 2.45) is 0 Å². The SMILES string of the molecule is Cc1ncc(-c2c(C)ncnc2N2CCOCC2)cc1NS(=O)(=O)c1ccc(F)cc1F. The fourth-order valence-electron chi connectivity index (χ4n) is 3.48. The molecule has 0 unspecified atom stereocenters. The van der Waals surface area contributed by atoms with Crippen LogP contribution in [0.4, 0.5) is 20.3 Å². The van der Waals surface area contributed by atoms with E-state index >= 15 is 0 Å². The third-order valence-corrected chi connectivity index (χ3v) is 6.53. The fraction of sp³-hybridized carbons (Fsp3) is 0.286. The third-order valence-electron chi connectivity index (χ3n) is 5.13. The lowest BCUT2D eigenvalue weighted by molar-refractivity contribution is 0.122. The quantitative estimate of drug-likeness (QED) is 0.624. The van der Waals surface area contributed by atoms with Crippen molar-refractivity contribution < 1.29 is 21.9 Å². The van der Waals surface area contributed by atoms with Crippen molar-refractivity contribution in [2.75, 3.05) is 35.9 Å². The Bertz CT molecular complexity index is 1260. The molecule has 3 aromatic rings. The summed E-state index contributed by atoms with van der Waals surface area (Å²) < 4.78 is 60.6. The highest BCUT2D eigenvalue weighted by Crippen LogP contribution is 2.33. The van der Waals surface area contributed by atoms with Crippen molar-refractivity contribution >= 4 is 21.5 Å². The fourth-order valence-corrected chi connectivity index (χ4v) is 4.65. The molecule has 0 amide bonds. The summed E-state index contributed by atoms with van der Waals surface area (Å²) in [5.41, 5.74) is 2.58. The van der Waals surface area contributed by atoms with E-state index in [1.807, 2.05) is 6.92 Å². The van der Waals surface area contributed by atoms with Gasteiger partial charge < -0.3 is 9.64 Å². The maximum absolute atomic E-state index is 14.1. The highest BCUT2D eigenvalue weighted by Gasteiger charge is 2.23. The minimum absolute atomic E-state index is 0.169. The minimum Gasteiger partial charge on any atom is -0.378 e. The lowest BCUT2D eigenvalue weighted by Crippen LogP contribution is -2.37. The number of nitrogens with one attached hydrogen (secondary N) is 1. The molecule has 2 aromatic heterocycles. The number of pyridine rings is 1. The van der Waals surface area contributed by atoms with Gasteiger partial charge in [-0.2, -0.15) is 0 Å². The second-order valence-electron chi connectivity index (χ2n) is 7.29. The first-order chi connectivity index (χ1) is 15.3. The molecule has 1 aliphatic heterocycles. The van der Waals surface area contributed by atoms with Crippen LogP contribution in [0.2, 0.25) is 0 Å². The molecule has 0 radical (unpaired) electrons. The molecule has 1 aromatic carbocycles. The Morgan fingerprint density at radius 2 is 1.78 bits per heavy atom. The number of aryl methyl sites for hydroxylation is 2. The van der Waals surface area contributed by atoms with Gasteiger partial charge in [-0.25, -0.2) is 27.2 Å². The van der Waals surface area contributed by atoms with Crippen LogP contribution in [0.15, 0.2) is 41.7 Å². The topological polar surface area (TPSA) is 97.3 Å². The van der Waals surface area contributed by atoms with Crippen LogP contribution in [0.1, 0.15) is 11.4 Å². The molecule has 0 bridgehead atoms. The molecule has 0 saturated carbocycles. The molecule has 1 aliphatic rings. The second kappa shape index (κ2) is 8.75. The number of benzene rings is 1. The van der Waals surface area contributed by atoms with Crippen LogP contribution in [-0.2, 0) is 14.8 Å². The molecule has 0 atom stereocenters. The average molecular weight is 461 g/mol. The van der Waals surface area contributed by atoms with Crippen LogP contribution in [-0.4, -0.2) is 49.7 Å². The predicted octanol–water partition coefficient (Wildman–Crippen LogP) is 3.07. The highest BCUT2D eigenvalue weighted by atomic mass is 32.2. The Morgan fingerprint density at radius 3 is 2.50 bits per heavy atom. The molecule has 4 rings (SSSR count). The molecule has 1 saturated heterocycles. The number of ether oxygens (including phenoxy) is 1. The van der Waals surface area contributed by atoms with E-state index in [4.69, 9.17) is 4.74 Å². The number of sulfonamides is 1. The van der Waals surface area contributed by atoms with Crippen molar-refractivity contribution in [3.05, 3.63) is 59.8 Å². The second-order valence-corrected chi connectivity index (χ2v) is 8.95. The largest absolute Gasteiger partial charge is 0.378 e. The van der Waals surface area contributed by atoms with Gasteiger partial charge >= 0.3 is 0 Å². The maximum Gasteiger partial charge on any atom is 0.264 e. The first kappa shape index (κ1) is 22.0. The van der Waals surface area contributed by atoms with Crippen LogP contribution in [0, 0.1) is 25.5 Å². The smallest absolute Gasteiger partial charge is 0.264 e. The molecule has 3 heterocycles.